The summed E-state index contributed by atoms with van der Waals surface area (Å²) in [6.07, 6.45) is -1.52. The third-order valence-corrected chi connectivity index (χ3v) is 6.57. The van der Waals surface area contributed by atoms with E-state index in [1.165, 1.54) is 11.6 Å². The maximum Gasteiger partial charge on any atom is 0.416 e. The first kappa shape index (κ1) is 23.3. The van der Waals surface area contributed by atoms with Gasteiger partial charge in [0.1, 0.15) is 0 Å². The molecule has 0 spiro atoms. The van der Waals surface area contributed by atoms with Gasteiger partial charge >= 0.3 is 6.18 Å². The Balaban J connectivity index is 1.13. The summed E-state index contributed by atoms with van der Waals surface area (Å²) in [5.41, 5.74) is 2.52. The molecule has 4 aromatic rings. The van der Waals surface area contributed by atoms with Crippen LogP contribution in [0.5, 0.6) is 0 Å². The molecule has 0 bridgehead atoms. The molecule has 5 rings (SSSR count). The first-order valence-electron chi connectivity index (χ1n) is 11.7. The molecular formula is C25H27F3N6O. The zero-order valence-electron chi connectivity index (χ0n) is 19.6. The fraction of sp³-hybridized carbons (Fsp3) is 0.400. The Morgan fingerprint density at radius 3 is 2.46 bits per heavy atom. The van der Waals surface area contributed by atoms with Gasteiger partial charge in [-0.25, -0.2) is 4.98 Å². The number of imidazole rings is 1. The highest BCUT2D eigenvalue weighted by Gasteiger charge is 2.31. The molecule has 184 valence electrons. The highest BCUT2D eigenvalue weighted by Crippen LogP contribution is 2.32. The van der Waals surface area contributed by atoms with Gasteiger partial charge in [-0.15, -0.1) is 0 Å². The summed E-state index contributed by atoms with van der Waals surface area (Å²) in [7, 11) is 1.82. The van der Waals surface area contributed by atoms with Crippen LogP contribution in [0.2, 0.25) is 0 Å². The van der Waals surface area contributed by atoms with E-state index < -0.39 is 11.7 Å². The number of fused-ring (bicyclic) bond motifs is 1. The van der Waals surface area contributed by atoms with Gasteiger partial charge in [-0.05, 0) is 62.1 Å². The molecule has 0 aliphatic carbocycles. The number of nitrogens with zero attached hydrogens (tertiary/aromatic N) is 5. The molecule has 1 fully saturated rings. The van der Waals surface area contributed by atoms with Crippen LogP contribution in [-0.4, -0.2) is 50.3 Å². The first-order valence-corrected chi connectivity index (χ1v) is 11.7. The zero-order chi connectivity index (χ0) is 24.6. The number of nitrogens with one attached hydrogen (secondary N) is 1. The molecule has 7 nitrogen and oxygen atoms in total. The largest absolute Gasteiger partial charge is 0.416 e. The van der Waals surface area contributed by atoms with E-state index in [0.29, 0.717) is 28.7 Å². The predicted octanol–water partition coefficient (Wildman–Crippen LogP) is 5.07. The lowest BCUT2D eigenvalue weighted by molar-refractivity contribution is -0.137. The quantitative estimate of drug-likeness (QED) is 0.412. The summed E-state index contributed by atoms with van der Waals surface area (Å²) in [6, 6.07) is 12.1. The number of halogens is 3. The second-order valence-corrected chi connectivity index (χ2v) is 9.05. The molecule has 1 aliphatic rings. The highest BCUT2D eigenvalue weighted by molar-refractivity contribution is 5.79. The van der Waals surface area contributed by atoms with Crippen molar-refractivity contribution in [2.24, 2.45) is 7.05 Å². The van der Waals surface area contributed by atoms with Crippen LogP contribution >= 0.6 is 0 Å². The van der Waals surface area contributed by atoms with E-state index in [4.69, 9.17) is 4.52 Å². The van der Waals surface area contributed by atoms with Crippen molar-refractivity contribution in [1.82, 2.24) is 24.6 Å². The standard InChI is InChI=1S/C25H27F3N6O/c1-16-29-23(35-32-16)18-5-3-17(4-6-18)9-12-34-13-10-20(11-14-34)30-24-31-21-15-19(25(26,27)28)7-8-22(21)33(24)2/h3-8,15,20H,9-14H2,1-2H3,(H,30,31). The summed E-state index contributed by atoms with van der Waals surface area (Å²) >= 11 is 0. The molecule has 1 aliphatic heterocycles. The van der Waals surface area contributed by atoms with Crippen molar-refractivity contribution in [1.29, 1.82) is 0 Å². The molecule has 0 radical (unpaired) electrons. The average Bonchev–Trinajstić information content (AvgIpc) is 3.41. The van der Waals surface area contributed by atoms with Crippen LogP contribution < -0.4 is 5.32 Å². The molecular weight excluding hydrogens is 457 g/mol. The lowest BCUT2D eigenvalue weighted by atomic mass is 10.0. The van der Waals surface area contributed by atoms with Gasteiger partial charge < -0.3 is 19.3 Å². The van der Waals surface area contributed by atoms with Crippen molar-refractivity contribution < 1.29 is 17.7 Å². The van der Waals surface area contributed by atoms with E-state index in [9.17, 15) is 13.2 Å². The molecule has 2 aromatic carbocycles. The van der Waals surface area contributed by atoms with Crippen molar-refractivity contribution >= 4 is 17.0 Å². The molecule has 1 N–H and O–H groups in total. The van der Waals surface area contributed by atoms with Gasteiger partial charge in [-0.2, -0.15) is 18.2 Å². The lowest BCUT2D eigenvalue weighted by Gasteiger charge is -2.32. The van der Waals surface area contributed by atoms with Crippen molar-refractivity contribution in [2.45, 2.75) is 38.4 Å². The molecule has 0 unspecified atom stereocenters. The fourth-order valence-electron chi connectivity index (χ4n) is 4.50. The van der Waals surface area contributed by atoms with E-state index >= 15 is 0 Å². The number of aryl methyl sites for hydroxylation is 2. The monoisotopic (exact) mass is 484 g/mol. The normalized spacial score (nSPS) is 15.7. The summed E-state index contributed by atoms with van der Waals surface area (Å²) < 4.78 is 46.1. The molecule has 0 saturated carbocycles. The van der Waals surface area contributed by atoms with Gasteiger partial charge in [-0.1, -0.05) is 17.3 Å². The molecule has 1 saturated heterocycles. The van der Waals surface area contributed by atoms with Gasteiger partial charge in [0.2, 0.25) is 5.95 Å². The minimum absolute atomic E-state index is 0.237. The Kier molecular flexibility index (Phi) is 6.22. The number of aromatic nitrogens is 4. The van der Waals surface area contributed by atoms with E-state index in [-0.39, 0.29) is 6.04 Å². The number of likely N-dealkylation sites (tertiary alicyclic amines) is 1. The number of hydrogen-bond donors (Lipinski definition) is 1. The van der Waals surface area contributed by atoms with Gasteiger partial charge in [0.05, 0.1) is 16.6 Å². The van der Waals surface area contributed by atoms with Gasteiger partial charge in [0.25, 0.3) is 5.89 Å². The maximum absolute atomic E-state index is 13.0. The lowest BCUT2D eigenvalue weighted by Crippen LogP contribution is -2.40. The van der Waals surface area contributed by atoms with Crippen molar-refractivity contribution in [2.75, 3.05) is 25.0 Å². The smallest absolute Gasteiger partial charge is 0.353 e. The number of benzene rings is 2. The third-order valence-electron chi connectivity index (χ3n) is 6.57. The Labute approximate surface area is 201 Å². The Morgan fingerprint density at radius 2 is 1.80 bits per heavy atom. The summed E-state index contributed by atoms with van der Waals surface area (Å²) in [5, 5.41) is 7.27. The summed E-state index contributed by atoms with van der Waals surface area (Å²) in [6.45, 7) is 4.68. The molecule has 3 heterocycles. The molecule has 10 heteroatoms. The Morgan fingerprint density at radius 1 is 1.06 bits per heavy atom. The van der Waals surface area contributed by atoms with Crippen LogP contribution in [0.15, 0.2) is 47.0 Å². The second kappa shape index (κ2) is 9.33. The fourth-order valence-corrected chi connectivity index (χ4v) is 4.50. The number of rotatable bonds is 6. The zero-order valence-corrected chi connectivity index (χ0v) is 19.6. The topological polar surface area (TPSA) is 72.0 Å². The number of alkyl halides is 3. The van der Waals surface area contributed by atoms with Gasteiger partial charge in [0.15, 0.2) is 5.82 Å². The third kappa shape index (κ3) is 5.17. The number of hydrogen-bond acceptors (Lipinski definition) is 6. The van der Waals surface area contributed by atoms with Crippen LogP contribution in [0.4, 0.5) is 19.1 Å². The predicted molar refractivity (Wildman–Crippen MR) is 127 cm³/mol. The maximum atomic E-state index is 13.0. The summed E-state index contributed by atoms with van der Waals surface area (Å²) in [5.74, 6) is 1.76. The highest BCUT2D eigenvalue weighted by atomic mass is 19.4. The number of piperidine rings is 1. The summed E-state index contributed by atoms with van der Waals surface area (Å²) in [4.78, 5) is 11.1. The van der Waals surface area contributed by atoms with Crippen molar-refractivity contribution in [3.63, 3.8) is 0 Å². The van der Waals surface area contributed by atoms with Crippen LogP contribution in [0.1, 0.15) is 29.8 Å². The van der Waals surface area contributed by atoms with E-state index in [2.05, 4.69) is 37.5 Å². The second-order valence-electron chi connectivity index (χ2n) is 9.05. The minimum atomic E-state index is -4.37. The molecule has 2 aromatic heterocycles. The molecule has 35 heavy (non-hydrogen) atoms. The van der Waals surface area contributed by atoms with Crippen LogP contribution in [0.25, 0.3) is 22.5 Å². The van der Waals surface area contributed by atoms with E-state index in [1.807, 2.05) is 23.7 Å². The van der Waals surface area contributed by atoms with Crippen molar-refractivity contribution in [3.05, 3.63) is 59.4 Å². The van der Waals surface area contributed by atoms with E-state index in [1.54, 1.807) is 6.92 Å². The SMILES string of the molecule is Cc1noc(-c2ccc(CCN3CCC(Nc4nc5cc(C(F)(F)F)ccc5n4C)CC3)cc2)n1. The molecule has 0 atom stereocenters. The average molecular weight is 485 g/mol. The van der Waals surface area contributed by atoms with Crippen LogP contribution in [0.3, 0.4) is 0 Å². The Hall–Kier alpha value is -3.40. The first-order chi connectivity index (χ1) is 16.8. The minimum Gasteiger partial charge on any atom is -0.353 e. The van der Waals surface area contributed by atoms with Gasteiger partial charge in [0, 0.05) is 38.3 Å². The Bertz CT molecular complexity index is 1300. The van der Waals surface area contributed by atoms with Crippen molar-refractivity contribution in [3.8, 4) is 11.5 Å². The van der Waals surface area contributed by atoms with E-state index in [0.717, 1.165) is 56.6 Å². The van der Waals surface area contributed by atoms with Crippen LogP contribution in [0, 0.1) is 6.92 Å². The molecule has 0 amide bonds. The van der Waals surface area contributed by atoms with Gasteiger partial charge in [-0.3, -0.25) is 0 Å². The number of anilines is 1. The van der Waals surface area contributed by atoms with Crippen LogP contribution in [-0.2, 0) is 19.6 Å².